The van der Waals surface area contributed by atoms with Crippen LogP contribution in [0.3, 0.4) is 0 Å². The third kappa shape index (κ3) is 6.74. The van der Waals surface area contributed by atoms with Gasteiger partial charge in [-0.3, -0.25) is 4.90 Å². The predicted octanol–water partition coefficient (Wildman–Crippen LogP) is 3.38. The summed E-state index contributed by atoms with van der Waals surface area (Å²) in [6.45, 7) is 8.07. The van der Waals surface area contributed by atoms with Crippen molar-refractivity contribution < 1.29 is 23.5 Å². The molecular weight excluding hydrogens is 377 g/mol. The molecule has 1 aliphatic heterocycles. The highest BCUT2D eigenvalue weighted by molar-refractivity contribution is 5.68. The fourth-order valence-corrected chi connectivity index (χ4v) is 3.22. The van der Waals surface area contributed by atoms with Gasteiger partial charge in [0.15, 0.2) is 0 Å². The van der Waals surface area contributed by atoms with Crippen LogP contribution in [0.5, 0.6) is 0 Å². The number of ether oxygens (including phenoxy) is 2. The normalized spacial score (nSPS) is 17.0. The van der Waals surface area contributed by atoms with Crippen molar-refractivity contribution in [2.75, 3.05) is 26.8 Å². The second kappa shape index (κ2) is 10.2. The van der Waals surface area contributed by atoms with E-state index in [0.717, 1.165) is 16.7 Å². The van der Waals surface area contributed by atoms with Crippen molar-refractivity contribution in [3.63, 3.8) is 0 Å². The van der Waals surface area contributed by atoms with E-state index in [2.05, 4.69) is 10.6 Å². The Morgan fingerprint density at radius 1 is 1.03 bits per heavy atom. The number of halogens is 1. The van der Waals surface area contributed by atoms with Gasteiger partial charge in [-0.05, 0) is 63.6 Å². The molecule has 0 bridgehead atoms. The number of hydrogen-bond acceptors (Lipinski definition) is 5. The van der Waals surface area contributed by atoms with E-state index in [0.29, 0.717) is 6.54 Å². The molecule has 8 heteroatoms. The minimum atomic E-state index is -0.516. The minimum absolute atomic E-state index is 0.0303. The summed E-state index contributed by atoms with van der Waals surface area (Å²) in [5, 5.41) is 5.36. The van der Waals surface area contributed by atoms with E-state index >= 15 is 0 Å². The van der Waals surface area contributed by atoms with Crippen LogP contribution in [0.1, 0.15) is 39.3 Å². The van der Waals surface area contributed by atoms with Crippen molar-refractivity contribution in [2.45, 2.75) is 45.8 Å². The average molecular weight is 407 g/mol. The summed E-state index contributed by atoms with van der Waals surface area (Å²) in [5.74, 6) is -0.318. The monoisotopic (exact) mass is 407 g/mol. The zero-order valence-corrected chi connectivity index (χ0v) is 17.6. The predicted molar refractivity (Wildman–Crippen MR) is 108 cm³/mol. The number of likely N-dealkylation sites (N-methyl/N-ethyl adjacent to an activating group) is 1. The minimum Gasteiger partial charge on any atom is -0.445 e. The molecule has 0 radical (unpaired) electrons. The number of nitrogens with one attached hydrogen (secondary N) is 2. The van der Waals surface area contributed by atoms with Crippen molar-refractivity contribution >= 4 is 12.2 Å². The number of carbonyl (C=O) groups excluding carboxylic acids is 2. The Hall–Kier alpha value is -2.61. The molecule has 2 rings (SSSR count). The Morgan fingerprint density at radius 3 is 2.07 bits per heavy atom. The fourth-order valence-electron chi connectivity index (χ4n) is 3.22. The van der Waals surface area contributed by atoms with Gasteiger partial charge in [-0.15, -0.1) is 0 Å². The number of carbonyl (C=O) groups is 2. The lowest BCUT2D eigenvalue weighted by molar-refractivity contribution is 0.146. The molecule has 1 aromatic carbocycles. The summed E-state index contributed by atoms with van der Waals surface area (Å²) in [7, 11) is 1.92. The largest absolute Gasteiger partial charge is 0.445 e. The molecule has 2 amide bonds. The highest BCUT2D eigenvalue weighted by Crippen LogP contribution is 2.36. The molecule has 0 saturated carbocycles. The molecule has 1 aliphatic rings. The van der Waals surface area contributed by atoms with Gasteiger partial charge in [0.2, 0.25) is 0 Å². The van der Waals surface area contributed by atoms with Crippen LogP contribution in [0.15, 0.2) is 35.4 Å². The zero-order chi connectivity index (χ0) is 21.6. The van der Waals surface area contributed by atoms with Gasteiger partial charge in [-0.1, -0.05) is 12.1 Å². The van der Waals surface area contributed by atoms with Gasteiger partial charge in [0, 0.05) is 18.6 Å². The van der Waals surface area contributed by atoms with Crippen LogP contribution in [-0.4, -0.2) is 56.0 Å². The summed E-state index contributed by atoms with van der Waals surface area (Å²) in [6, 6.07) is 5.94. The molecule has 0 fully saturated rings. The first-order chi connectivity index (χ1) is 13.7. The third-order valence-corrected chi connectivity index (χ3v) is 4.40. The van der Waals surface area contributed by atoms with E-state index < -0.39 is 12.2 Å². The Bertz CT molecular complexity index is 747. The first-order valence-corrected chi connectivity index (χ1v) is 9.70. The van der Waals surface area contributed by atoms with Gasteiger partial charge >= 0.3 is 12.2 Å². The SMILES string of the molecule is CC(C)NC(=O)OCC1=C(COC(=O)NC(C)C)C(c2ccc(F)cc2)N(C)C1. The molecule has 1 atom stereocenters. The van der Waals surface area contributed by atoms with Crippen LogP contribution in [0, 0.1) is 5.82 Å². The molecule has 0 saturated heterocycles. The van der Waals surface area contributed by atoms with Gasteiger partial charge in [-0.2, -0.15) is 0 Å². The molecule has 29 heavy (non-hydrogen) atoms. The number of hydrogen-bond donors (Lipinski definition) is 2. The number of amides is 2. The number of nitrogens with zero attached hydrogens (tertiary/aromatic N) is 1. The molecule has 2 N–H and O–H groups in total. The van der Waals surface area contributed by atoms with Crippen LogP contribution in [0.25, 0.3) is 0 Å². The number of benzene rings is 1. The van der Waals surface area contributed by atoms with Gasteiger partial charge in [0.25, 0.3) is 0 Å². The Labute approximate surface area is 171 Å². The smallest absolute Gasteiger partial charge is 0.407 e. The summed E-state index contributed by atoms with van der Waals surface area (Å²) in [5.41, 5.74) is 2.56. The zero-order valence-electron chi connectivity index (χ0n) is 17.6. The molecule has 0 aliphatic carbocycles. The van der Waals surface area contributed by atoms with Crippen LogP contribution >= 0.6 is 0 Å². The van der Waals surface area contributed by atoms with Crippen LogP contribution in [0.4, 0.5) is 14.0 Å². The quantitative estimate of drug-likeness (QED) is 0.678. The number of alkyl carbamates (subject to hydrolysis) is 2. The lowest BCUT2D eigenvalue weighted by Crippen LogP contribution is -2.32. The van der Waals surface area contributed by atoms with Crippen molar-refractivity contribution in [3.8, 4) is 0 Å². The highest BCUT2D eigenvalue weighted by Gasteiger charge is 2.32. The highest BCUT2D eigenvalue weighted by atomic mass is 19.1. The van der Waals surface area contributed by atoms with E-state index in [9.17, 15) is 14.0 Å². The lowest BCUT2D eigenvalue weighted by Gasteiger charge is -2.23. The van der Waals surface area contributed by atoms with E-state index in [1.54, 1.807) is 12.1 Å². The first-order valence-electron chi connectivity index (χ1n) is 9.70. The number of rotatable bonds is 7. The summed E-state index contributed by atoms with van der Waals surface area (Å²) in [6.07, 6.45) is -1.02. The summed E-state index contributed by atoms with van der Waals surface area (Å²) in [4.78, 5) is 25.9. The maximum Gasteiger partial charge on any atom is 0.407 e. The van der Waals surface area contributed by atoms with Gasteiger partial charge in [0.05, 0.1) is 6.04 Å². The van der Waals surface area contributed by atoms with Gasteiger partial charge in [-0.25, -0.2) is 14.0 Å². The Kier molecular flexibility index (Phi) is 8.01. The summed E-state index contributed by atoms with van der Waals surface area (Å²) < 4.78 is 24.1. The molecule has 160 valence electrons. The van der Waals surface area contributed by atoms with Crippen LogP contribution < -0.4 is 10.6 Å². The first kappa shape index (κ1) is 22.7. The molecule has 0 spiro atoms. The second-order valence-electron chi connectivity index (χ2n) is 7.75. The Balaban J connectivity index is 2.21. The summed E-state index contributed by atoms with van der Waals surface area (Å²) >= 11 is 0. The van der Waals surface area contributed by atoms with Crippen LogP contribution in [-0.2, 0) is 9.47 Å². The topological polar surface area (TPSA) is 79.9 Å². The molecule has 1 heterocycles. The molecule has 0 aromatic heterocycles. The second-order valence-corrected chi connectivity index (χ2v) is 7.75. The maximum atomic E-state index is 13.4. The van der Waals surface area contributed by atoms with Crippen molar-refractivity contribution in [1.82, 2.24) is 15.5 Å². The average Bonchev–Trinajstić information content (AvgIpc) is 2.93. The maximum absolute atomic E-state index is 13.4. The van der Waals surface area contributed by atoms with Gasteiger partial charge < -0.3 is 20.1 Å². The molecule has 7 nitrogen and oxygen atoms in total. The molecule has 1 aromatic rings. The van der Waals surface area contributed by atoms with Crippen molar-refractivity contribution in [2.24, 2.45) is 0 Å². The lowest BCUT2D eigenvalue weighted by atomic mass is 9.98. The van der Waals surface area contributed by atoms with E-state index in [-0.39, 0.29) is 37.2 Å². The van der Waals surface area contributed by atoms with E-state index in [4.69, 9.17) is 9.47 Å². The molecular formula is C21H30FN3O4. The fraction of sp³-hybridized carbons (Fsp3) is 0.524. The standard InChI is InChI=1S/C21H30FN3O4/c1-13(2)23-20(26)28-11-16-10-25(5)19(15-6-8-17(22)9-7-15)18(16)12-29-21(27)24-14(3)4/h6-9,13-14,19H,10-12H2,1-5H3,(H,23,26)(H,24,27). The Morgan fingerprint density at radius 2 is 1.55 bits per heavy atom. The van der Waals surface area contributed by atoms with Crippen LogP contribution in [0.2, 0.25) is 0 Å². The van der Waals surface area contributed by atoms with E-state index in [1.807, 2.05) is 39.6 Å². The third-order valence-electron chi connectivity index (χ3n) is 4.40. The van der Waals surface area contributed by atoms with Crippen molar-refractivity contribution in [1.29, 1.82) is 0 Å². The van der Waals surface area contributed by atoms with Crippen molar-refractivity contribution in [3.05, 3.63) is 46.8 Å². The van der Waals surface area contributed by atoms with Gasteiger partial charge in [0.1, 0.15) is 19.0 Å². The molecule has 1 unspecified atom stereocenters. The van der Waals surface area contributed by atoms with E-state index in [1.165, 1.54) is 12.1 Å².